The van der Waals surface area contributed by atoms with Crippen LogP contribution in [0.15, 0.2) is 115 Å². The lowest BCUT2D eigenvalue weighted by Gasteiger charge is -2.12. The van der Waals surface area contributed by atoms with Crippen LogP contribution < -0.4 is 5.32 Å². The lowest BCUT2D eigenvalue weighted by atomic mass is 9.97. The molecule has 0 saturated carbocycles. The number of hydrogen-bond acceptors (Lipinski definition) is 2. The van der Waals surface area contributed by atoms with E-state index in [0.717, 1.165) is 5.69 Å². The molecule has 178 valence electrons. The fourth-order valence-corrected chi connectivity index (χ4v) is 7.03. The summed E-state index contributed by atoms with van der Waals surface area (Å²) in [6.45, 7) is 4.57. The fraction of sp³-hybridized carbons (Fsp3) is 0.0857. The molecule has 1 N–H and O–H groups in total. The van der Waals surface area contributed by atoms with E-state index in [9.17, 15) is 0 Å². The minimum atomic E-state index is 0.487. The Morgan fingerprint density at radius 1 is 0.595 bits per heavy atom. The zero-order chi connectivity index (χ0) is 24.9. The maximum atomic E-state index is 3.77. The summed E-state index contributed by atoms with van der Waals surface area (Å²) in [4.78, 5) is 0. The molecule has 0 fully saturated rings. The van der Waals surface area contributed by atoms with E-state index < -0.39 is 0 Å². The van der Waals surface area contributed by atoms with Crippen LogP contribution in [-0.4, -0.2) is 0 Å². The molecule has 6 aromatic carbocycles. The van der Waals surface area contributed by atoms with Crippen molar-refractivity contribution in [2.75, 3.05) is 5.32 Å². The molecule has 0 atom stereocenters. The molecule has 37 heavy (non-hydrogen) atoms. The van der Waals surface area contributed by atoms with E-state index in [1.165, 1.54) is 64.1 Å². The van der Waals surface area contributed by atoms with Crippen LogP contribution >= 0.6 is 11.3 Å². The number of rotatable bonds is 4. The second-order valence-electron chi connectivity index (χ2n) is 10.1. The third-order valence-corrected chi connectivity index (χ3v) is 8.70. The Morgan fingerprint density at radius 2 is 1.27 bits per heavy atom. The molecule has 2 heteroatoms. The van der Waals surface area contributed by atoms with Gasteiger partial charge in [0.15, 0.2) is 0 Å². The second kappa shape index (κ2) is 8.76. The highest BCUT2D eigenvalue weighted by Gasteiger charge is 2.16. The van der Waals surface area contributed by atoms with Gasteiger partial charge in [-0.2, -0.15) is 0 Å². The van der Waals surface area contributed by atoms with Crippen LogP contribution in [0.1, 0.15) is 25.3 Å². The van der Waals surface area contributed by atoms with E-state index in [1.807, 2.05) is 11.3 Å². The van der Waals surface area contributed by atoms with Gasteiger partial charge in [0, 0.05) is 21.2 Å². The van der Waals surface area contributed by atoms with Gasteiger partial charge in [-0.25, -0.2) is 0 Å². The zero-order valence-corrected chi connectivity index (χ0v) is 21.8. The quantitative estimate of drug-likeness (QED) is 0.257. The van der Waals surface area contributed by atoms with Gasteiger partial charge in [0.25, 0.3) is 0 Å². The first-order chi connectivity index (χ1) is 18.2. The Morgan fingerprint density at radius 3 is 2.08 bits per heavy atom. The van der Waals surface area contributed by atoms with Gasteiger partial charge in [0.2, 0.25) is 0 Å². The Hall–Kier alpha value is -4.14. The topological polar surface area (TPSA) is 12.0 Å². The number of hydrogen-bond donors (Lipinski definition) is 1. The second-order valence-corrected chi connectivity index (χ2v) is 11.1. The molecule has 1 aromatic heterocycles. The van der Waals surface area contributed by atoms with Gasteiger partial charge in [0.05, 0.1) is 10.4 Å². The molecule has 0 spiro atoms. The molecule has 0 saturated heterocycles. The number of nitrogens with one attached hydrogen (secondary N) is 1. The summed E-state index contributed by atoms with van der Waals surface area (Å²) in [5, 5.41) is 11.6. The summed E-state index contributed by atoms with van der Waals surface area (Å²) in [5.41, 5.74) is 6.19. The van der Waals surface area contributed by atoms with E-state index in [-0.39, 0.29) is 0 Å². The number of thiophene rings is 1. The molecule has 0 aliphatic carbocycles. The summed E-state index contributed by atoms with van der Waals surface area (Å²) < 4.78 is 2.72. The van der Waals surface area contributed by atoms with Crippen LogP contribution in [0.25, 0.3) is 52.8 Å². The molecule has 0 amide bonds. The van der Waals surface area contributed by atoms with Crippen molar-refractivity contribution in [3.05, 3.63) is 121 Å². The van der Waals surface area contributed by atoms with Crippen molar-refractivity contribution in [1.29, 1.82) is 0 Å². The smallest absolute Gasteiger partial charge is 0.0597 e. The average Bonchev–Trinajstić information content (AvgIpc) is 3.34. The van der Waals surface area contributed by atoms with Crippen molar-refractivity contribution in [2.24, 2.45) is 0 Å². The minimum absolute atomic E-state index is 0.487. The van der Waals surface area contributed by atoms with Gasteiger partial charge in [0.1, 0.15) is 0 Å². The van der Waals surface area contributed by atoms with Crippen LogP contribution in [0.3, 0.4) is 0 Å². The monoisotopic (exact) mass is 493 g/mol. The van der Waals surface area contributed by atoms with Gasteiger partial charge < -0.3 is 5.32 Å². The Bertz CT molecular complexity index is 1920. The number of fused-ring (bicyclic) bond motifs is 6. The minimum Gasteiger partial charge on any atom is -0.354 e. The van der Waals surface area contributed by atoms with E-state index in [1.54, 1.807) is 0 Å². The molecular formula is C35H27NS. The van der Waals surface area contributed by atoms with E-state index in [2.05, 4.69) is 134 Å². The largest absolute Gasteiger partial charge is 0.354 e. The lowest BCUT2D eigenvalue weighted by Crippen LogP contribution is -1.91. The molecule has 1 heterocycles. The van der Waals surface area contributed by atoms with Crippen molar-refractivity contribution in [1.82, 2.24) is 0 Å². The lowest BCUT2D eigenvalue weighted by molar-refractivity contribution is 0.878. The summed E-state index contributed by atoms with van der Waals surface area (Å²) in [6.07, 6.45) is 0. The molecule has 0 aliphatic heterocycles. The first-order valence-electron chi connectivity index (χ1n) is 12.9. The molecular weight excluding hydrogens is 466 g/mol. The van der Waals surface area contributed by atoms with Gasteiger partial charge >= 0.3 is 0 Å². The molecule has 7 aromatic rings. The van der Waals surface area contributed by atoms with Crippen LogP contribution in [0.5, 0.6) is 0 Å². The van der Waals surface area contributed by atoms with E-state index in [4.69, 9.17) is 0 Å². The van der Waals surface area contributed by atoms with Crippen LogP contribution in [0, 0.1) is 0 Å². The van der Waals surface area contributed by atoms with Crippen molar-refractivity contribution in [2.45, 2.75) is 19.8 Å². The molecule has 1 nitrogen and oxygen atoms in total. The highest BCUT2D eigenvalue weighted by atomic mass is 32.1. The molecule has 0 unspecified atom stereocenters. The van der Waals surface area contributed by atoms with Gasteiger partial charge in [-0.3, -0.25) is 0 Å². The third-order valence-electron chi connectivity index (χ3n) is 7.41. The maximum Gasteiger partial charge on any atom is 0.0597 e. The summed E-state index contributed by atoms with van der Waals surface area (Å²) in [5.74, 6) is 0.487. The van der Waals surface area contributed by atoms with Crippen molar-refractivity contribution >= 4 is 64.4 Å². The van der Waals surface area contributed by atoms with E-state index >= 15 is 0 Å². The highest BCUT2D eigenvalue weighted by molar-refractivity contribution is 7.26. The van der Waals surface area contributed by atoms with Crippen molar-refractivity contribution < 1.29 is 0 Å². The number of anilines is 2. The Balaban J connectivity index is 1.36. The molecule has 0 bridgehead atoms. The molecule has 0 radical (unpaired) electrons. The van der Waals surface area contributed by atoms with Crippen LogP contribution in [0.2, 0.25) is 0 Å². The standard InChI is InChI=1S/C35H27NS/c1-22(2)27-14-8-16-31-33-30-13-6-4-10-25(30)21-32(35(33)37-34(27)31)36-26-19-17-24(18-20-26)29-15-7-11-23-9-3-5-12-28(23)29/h3-22,36H,1-2H3. The zero-order valence-electron chi connectivity index (χ0n) is 21.0. The normalized spacial score (nSPS) is 11.8. The van der Waals surface area contributed by atoms with Gasteiger partial charge in [-0.1, -0.05) is 111 Å². The number of benzene rings is 6. The SMILES string of the molecule is CC(C)c1cccc2c1sc1c(Nc3ccc(-c4cccc5ccccc45)cc3)cc3ccccc3c12. The summed E-state index contributed by atoms with van der Waals surface area (Å²) in [6, 6.07) is 41.8. The average molecular weight is 494 g/mol. The molecule has 7 rings (SSSR count). The highest BCUT2D eigenvalue weighted by Crippen LogP contribution is 2.45. The third kappa shape index (κ3) is 3.68. The van der Waals surface area contributed by atoms with E-state index in [0.29, 0.717) is 5.92 Å². The molecule has 0 aliphatic rings. The van der Waals surface area contributed by atoms with Crippen LogP contribution in [-0.2, 0) is 0 Å². The van der Waals surface area contributed by atoms with Gasteiger partial charge in [-0.15, -0.1) is 11.3 Å². The first-order valence-corrected chi connectivity index (χ1v) is 13.7. The predicted molar refractivity (Wildman–Crippen MR) is 164 cm³/mol. The first kappa shape index (κ1) is 22.1. The Labute approximate surface area is 221 Å². The Kier molecular flexibility index (Phi) is 5.23. The fourth-order valence-electron chi connectivity index (χ4n) is 5.58. The van der Waals surface area contributed by atoms with Crippen LogP contribution in [0.4, 0.5) is 11.4 Å². The maximum absolute atomic E-state index is 3.77. The predicted octanol–water partition coefficient (Wildman–Crippen LogP) is 10.9. The van der Waals surface area contributed by atoms with Crippen molar-refractivity contribution in [3.8, 4) is 11.1 Å². The summed E-state index contributed by atoms with van der Waals surface area (Å²) in [7, 11) is 0. The summed E-state index contributed by atoms with van der Waals surface area (Å²) >= 11 is 1.92. The van der Waals surface area contributed by atoms with Gasteiger partial charge in [-0.05, 0) is 62.4 Å². The van der Waals surface area contributed by atoms with Crippen molar-refractivity contribution in [3.63, 3.8) is 0 Å².